The van der Waals surface area contributed by atoms with Crippen LogP contribution in [0.1, 0.15) is 10.4 Å². The van der Waals surface area contributed by atoms with Crippen LogP contribution in [0.5, 0.6) is 0 Å². The first-order chi connectivity index (χ1) is 11.8. The third-order valence-corrected chi connectivity index (χ3v) is 3.96. The van der Waals surface area contributed by atoms with Gasteiger partial charge < -0.3 is 9.67 Å². The second-order valence-electron chi connectivity index (χ2n) is 5.06. The Bertz CT molecular complexity index is 1100. The molecule has 0 aliphatic carbocycles. The Morgan fingerprint density at radius 1 is 1.28 bits per heavy atom. The zero-order valence-corrected chi connectivity index (χ0v) is 13.0. The van der Waals surface area contributed by atoms with Gasteiger partial charge in [0.25, 0.3) is 0 Å². The van der Waals surface area contributed by atoms with Gasteiger partial charge in [-0.25, -0.2) is 9.18 Å². The van der Waals surface area contributed by atoms with E-state index in [1.807, 2.05) is 0 Å². The number of rotatable bonds is 3. The molecule has 7 nitrogen and oxygen atoms in total. The van der Waals surface area contributed by atoms with Crippen molar-refractivity contribution in [2.75, 3.05) is 0 Å². The fourth-order valence-corrected chi connectivity index (χ4v) is 2.74. The number of hydrogen-bond acceptors (Lipinski definition) is 4. The van der Waals surface area contributed by atoms with Gasteiger partial charge in [0.1, 0.15) is 16.9 Å². The number of hydrogen-bond donors (Lipinski definition) is 1. The van der Waals surface area contributed by atoms with E-state index in [-0.39, 0.29) is 5.52 Å². The second-order valence-corrected chi connectivity index (χ2v) is 5.43. The molecule has 0 saturated carbocycles. The maximum Gasteiger partial charge on any atom is 0.341 e. The van der Waals surface area contributed by atoms with Gasteiger partial charge in [-0.2, -0.15) is 0 Å². The smallest absolute Gasteiger partial charge is 0.341 e. The van der Waals surface area contributed by atoms with Crippen molar-refractivity contribution in [2.45, 2.75) is 0 Å². The number of nitro benzene ring substituents is 1. The molecule has 9 heteroatoms. The summed E-state index contributed by atoms with van der Waals surface area (Å²) in [6.45, 7) is 0. The lowest BCUT2D eigenvalue weighted by Gasteiger charge is -2.13. The van der Waals surface area contributed by atoms with Crippen LogP contribution in [0, 0.1) is 15.9 Å². The lowest BCUT2D eigenvalue weighted by atomic mass is 10.1. The maximum absolute atomic E-state index is 14.0. The van der Waals surface area contributed by atoms with Crippen LogP contribution in [0.2, 0.25) is 5.02 Å². The van der Waals surface area contributed by atoms with Crippen molar-refractivity contribution in [3.05, 3.63) is 79.3 Å². The number of nitro groups is 1. The zero-order chi connectivity index (χ0) is 18.3. The molecular weight excluding hydrogens is 355 g/mol. The molecule has 0 atom stereocenters. The Hall–Kier alpha value is -3.26. The van der Waals surface area contributed by atoms with Crippen molar-refractivity contribution >= 4 is 34.2 Å². The van der Waals surface area contributed by atoms with Crippen molar-refractivity contribution < 1.29 is 19.2 Å². The Balaban J connectivity index is 2.64. The first-order valence-electron chi connectivity index (χ1n) is 6.83. The topological polar surface area (TPSA) is 102 Å². The number of nitrogens with zero attached hydrogens (tertiary/aromatic N) is 2. The molecule has 0 fully saturated rings. The summed E-state index contributed by atoms with van der Waals surface area (Å²) >= 11 is 5.73. The van der Waals surface area contributed by atoms with E-state index in [0.29, 0.717) is 11.8 Å². The molecule has 0 aliphatic rings. The highest BCUT2D eigenvalue weighted by Crippen LogP contribution is 2.35. The monoisotopic (exact) mass is 362 g/mol. The van der Waals surface area contributed by atoms with Gasteiger partial charge in [-0.3, -0.25) is 14.9 Å². The summed E-state index contributed by atoms with van der Waals surface area (Å²) in [5, 5.41) is 19.4. The molecule has 25 heavy (non-hydrogen) atoms. The summed E-state index contributed by atoms with van der Waals surface area (Å²) in [4.78, 5) is 34.2. The third kappa shape index (κ3) is 2.62. The van der Waals surface area contributed by atoms with Crippen LogP contribution in [0.4, 0.5) is 10.1 Å². The van der Waals surface area contributed by atoms with E-state index in [2.05, 4.69) is 0 Å². The predicted molar refractivity (Wildman–Crippen MR) is 88.1 cm³/mol. The predicted octanol–water partition coefficient (Wildman–Crippen LogP) is 3.39. The SMILES string of the molecule is O=C(O)c1cn(-c2ccccc2)c2c([N+](=O)[O-])c(Cl)c(F)cc2c1=O. The number of carboxylic acids is 1. The number of benzene rings is 2. The highest BCUT2D eigenvalue weighted by Gasteiger charge is 2.28. The summed E-state index contributed by atoms with van der Waals surface area (Å²) < 4.78 is 15.1. The molecule has 1 aromatic heterocycles. The van der Waals surface area contributed by atoms with Crippen molar-refractivity contribution in [1.82, 2.24) is 4.57 Å². The van der Waals surface area contributed by atoms with E-state index in [9.17, 15) is 29.2 Å². The number of halogens is 2. The van der Waals surface area contributed by atoms with Crippen LogP contribution >= 0.6 is 11.6 Å². The standard InChI is InChI=1S/C16H8ClFN2O5/c17-12-11(18)6-9-13(14(12)20(24)25)19(8-4-2-1-3-5-8)7-10(15(9)21)16(22)23/h1-7H,(H,22,23). The molecule has 126 valence electrons. The Morgan fingerprint density at radius 3 is 2.48 bits per heavy atom. The van der Waals surface area contributed by atoms with E-state index in [0.717, 1.165) is 10.8 Å². The van der Waals surface area contributed by atoms with Gasteiger partial charge >= 0.3 is 11.7 Å². The first kappa shape index (κ1) is 16.6. The Kier molecular flexibility index (Phi) is 3.97. The molecule has 0 bridgehead atoms. The van der Waals surface area contributed by atoms with E-state index < -0.39 is 43.8 Å². The molecular formula is C16H8ClFN2O5. The molecule has 0 radical (unpaired) electrons. The number of fused-ring (bicyclic) bond motifs is 1. The van der Waals surface area contributed by atoms with E-state index in [1.165, 1.54) is 0 Å². The van der Waals surface area contributed by atoms with Crippen molar-refractivity contribution in [3.63, 3.8) is 0 Å². The lowest BCUT2D eigenvalue weighted by molar-refractivity contribution is -0.383. The van der Waals surface area contributed by atoms with Gasteiger partial charge in [0, 0.05) is 11.9 Å². The molecule has 0 saturated heterocycles. The number of carbonyl (C=O) groups is 1. The quantitative estimate of drug-likeness (QED) is 0.568. The molecule has 1 heterocycles. The molecule has 2 aromatic carbocycles. The summed E-state index contributed by atoms with van der Waals surface area (Å²) in [7, 11) is 0. The molecule has 3 rings (SSSR count). The first-order valence-corrected chi connectivity index (χ1v) is 7.21. The van der Waals surface area contributed by atoms with Crippen molar-refractivity contribution in [3.8, 4) is 5.69 Å². The highest BCUT2D eigenvalue weighted by atomic mass is 35.5. The minimum Gasteiger partial charge on any atom is -0.477 e. The average molecular weight is 363 g/mol. The van der Waals surface area contributed by atoms with Crippen molar-refractivity contribution in [2.24, 2.45) is 0 Å². The second kappa shape index (κ2) is 5.99. The van der Waals surface area contributed by atoms with Gasteiger partial charge in [0.05, 0.1) is 10.3 Å². The fraction of sp³-hybridized carbons (Fsp3) is 0. The number of para-hydroxylation sites is 1. The number of pyridine rings is 1. The summed E-state index contributed by atoms with van der Waals surface area (Å²) in [5.74, 6) is -2.71. The molecule has 0 unspecified atom stereocenters. The Labute approximate surface area is 143 Å². The molecule has 0 aliphatic heterocycles. The van der Waals surface area contributed by atoms with E-state index >= 15 is 0 Å². The minimum atomic E-state index is -1.53. The normalized spacial score (nSPS) is 10.8. The summed E-state index contributed by atoms with van der Waals surface area (Å²) in [6, 6.07) is 8.74. The number of carboxylic acid groups (broad SMARTS) is 1. The highest BCUT2D eigenvalue weighted by molar-refractivity contribution is 6.34. The maximum atomic E-state index is 14.0. The molecule has 0 spiro atoms. The molecule has 0 amide bonds. The third-order valence-electron chi connectivity index (χ3n) is 3.60. The van der Waals surface area contributed by atoms with Gasteiger partial charge in [0.15, 0.2) is 5.02 Å². The Morgan fingerprint density at radius 2 is 1.92 bits per heavy atom. The molecule has 3 aromatic rings. The zero-order valence-electron chi connectivity index (χ0n) is 12.3. The largest absolute Gasteiger partial charge is 0.477 e. The average Bonchev–Trinajstić information content (AvgIpc) is 2.57. The van der Waals surface area contributed by atoms with Crippen LogP contribution in [-0.2, 0) is 0 Å². The van der Waals surface area contributed by atoms with Gasteiger partial charge in [-0.1, -0.05) is 29.8 Å². The van der Waals surface area contributed by atoms with Gasteiger partial charge in [-0.15, -0.1) is 0 Å². The van der Waals surface area contributed by atoms with Crippen molar-refractivity contribution in [1.29, 1.82) is 0 Å². The number of aromatic carboxylic acids is 1. The summed E-state index contributed by atoms with van der Waals surface area (Å²) in [6.07, 6.45) is 0.962. The van der Waals surface area contributed by atoms with Gasteiger partial charge in [0.2, 0.25) is 5.43 Å². The van der Waals surface area contributed by atoms with Crippen LogP contribution in [0.25, 0.3) is 16.6 Å². The van der Waals surface area contributed by atoms with Crippen LogP contribution < -0.4 is 5.43 Å². The summed E-state index contributed by atoms with van der Waals surface area (Å²) in [5.41, 5.74) is -2.42. The lowest BCUT2D eigenvalue weighted by Crippen LogP contribution is -2.19. The van der Waals surface area contributed by atoms with E-state index in [4.69, 9.17) is 11.6 Å². The van der Waals surface area contributed by atoms with Crippen LogP contribution in [0.15, 0.2) is 47.4 Å². The number of aromatic nitrogens is 1. The van der Waals surface area contributed by atoms with Gasteiger partial charge in [-0.05, 0) is 18.2 Å². The van der Waals surface area contributed by atoms with E-state index in [1.54, 1.807) is 30.3 Å². The minimum absolute atomic E-state index is 0.280. The molecule has 1 N–H and O–H groups in total. The van der Waals surface area contributed by atoms with Crippen LogP contribution in [0.3, 0.4) is 0 Å². The van der Waals surface area contributed by atoms with Crippen LogP contribution in [-0.4, -0.2) is 20.6 Å². The fourth-order valence-electron chi connectivity index (χ4n) is 2.53.